The Morgan fingerprint density at radius 2 is 2.10 bits per heavy atom. The summed E-state index contributed by atoms with van der Waals surface area (Å²) in [5, 5.41) is 0. The SMILES string of the molecule is COc1ncc(-c2cccc(F)n2)cc1NS(C)(=O)=O. The van der Waals surface area contributed by atoms with Gasteiger partial charge >= 0.3 is 0 Å². The van der Waals surface area contributed by atoms with Crippen LogP contribution in [-0.2, 0) is 10.0 Å². The Balaban J connectivity index is 2.49. The van der Waals surface area contributed by atoms with Crippen molar-refractivity contribution in [1.29, 1.82) is 0 Å². The molecule has 2 heterocycles. The number of aromatic nitrogens is 2. The summed E-state index contributed by atoms with van der Waals surface area (Å²) in [7, 11) is -2.11. The molecule has 0 saturated carbocycles. The number of methoxy groups -OCH3 is 1. The molecule has 0 aliphatic rings. The van der Waals surface area contributed by atoms with Gasteiger partial charge in [0.15, 0.2) is 0 Å². The molecule has 2 aromatic rings. The lowest BCUT2D eigenvalue weighted by Gasteiger charge is -2.10. The highest BCUT2D eigenvalue weighted by Crippen LogP contribution is 2.27. The number of nitrogens with zero attached hydrogens (tertiary/aromatic N) is 2. The molecule has 0 aliphatic heterocycles. The molecule has 106 valence electrons. The number of nitrogens with one attached hydrogen (secondary N) is 1. The third-order valence-corrected chi connectivity index (χ3v) is 2.94. The van der Waals surface area contributed by atoms with Crippen molar-refractivity contribution in [1.82, 2.24) is 9.97 Å². The molecule has 0 atom stereocenters. The van der Waals surface area contributed by atoms with Gasteiger partial charge < -0.3 is 4.74 Å². The zero-order chi connectivity index (χ0) is 14.8. The smallest absolute Gasteiger partial charge is 0.238 e. The maximum Gasteiger partial charge on any atom is 0.238 e. The van der Waals surface area contributed by atoms with Crippen LogP contribution in [0.3, 0.4) is 0 Å². The number of halogens is 1. The van der Waals surface area contributed by atoms with Crippen molar-refractivity contribution in [2.45, 2.75) is 0 Å². The van der Waals surface area contributed by atoms with Crippen molar-refractivity contribution in [3.63, 3.8) is 0 Å². The highest BCUT2D eigenvalue weighted by Gasteiger charge is 2.12. The number of anilines is 1. The molecule has 0 aromatic carbocycles. The zero-order valence-corrected chi connectivity index (χ0v) is 11.6. The molecule has 6 nitrogen and oxygen atoms in total. The highest BCUT2D eigenvalue weighted by atomic mass is 32.2. The lowest BCUT2D eigenvalue weighted by Crippen LogP contribution is -2.11. The van der Waals surface area contributed by atoms with E-state index in [-0.39, 0.29) is 11.6 Å². The predicted molar refractivity (Wildman–Crippen MR) is 72.4 cm³/mol. The second-order valence-corrected chi connectivity index (χ2v) is 5.75. The van der Waals surface area contributed by atoms with Crippen LogP contribution in [0, 0.1) is 5.95 Å². The van der Waals surface area contributed by atoms with Gasteiger partial charge in [-0.25, -0.2) is 18.4 Å². The Morgan fingerprint density at radius 1 is 1.35 bits per heavy atom. The molecular weight excluding hydrogens is 285 g/mol. The molecule has 0 fully saturated rings. The van der Waals surface area contributed by atoms with Gasteiger partial charge in [0.25, 0.3) is 0 Å². The minimum atomic E-state index is -3.48. The van der Waals surface area contributed by atoms with Crippen molar-refractivity contribution in [2.75, 3.05) is 18.1 Å². The molecule has 0 radical (unpaired) electrons. The van der Waals surface area contributed by atoms with Gasteiger partial charge in [0, 0.05) is 11.8 Å². The van der Waals surface area contributed by atoms with Gasteiger partial charge in [0.05, 0.1) is 19.1 Å². The number of pyridine rings is 2. The average molecular weight is 297 g/mol. The molecule has 8 heteroatoms. The summed E-state index contributed by atoms with van der Waals surface area (Å²) in [5.41, 5.74) is 0.978. The van der Waals surface area contributed by atoms with Gasteiger partial charge in [-0.3, -0.25) is 4.72 Å². The van der Waals surface area contributed by atoms with Gasteiger partial charge in [-0.15, -0.1) is 0 Å². The molecule has 0 amide bonds. The van der Waals surface area contributed by atoms with E-state index in [1.807, 2.05) is 0 Å². The van der Waals surface area contributed by atoms with Crippen LogP contribution in [0.2, 0.25) is 0 Å². The lowest BCUT2D eigenvalue weighted by molar-refractivity contribution is 0.400. The second kappa shape index (κ2) is 5.41. The fourth-order valence-electron chi connectivity index (χ4n) is 1.60. The maximum absolute atomic E-state index is 13.1. The van der Waals surface area contributed by atoms with Crippen molar-refractivity contribution in [2.24, 2.45) is 0 Å². The Kier molecular flexibility index (Phi) is 3.84. The number of hydrogen-bond acceptors (Lipinski definition) is 5. The summed E-state index contributed by atoms with van der Waals surface area (Å²) in [5.74, 6) is -0.508. The van der Waals surface area contributed by atoms with Crippen LogP contribution >= 0.6 is 0 Å². The van der Waals surface area contributed by atoms with Crippen molar-refractivity contribution in [3.8, 4) is 17.1 Å². The normalized spacial score (nSPS) is 11.2. The molecular formula is C12H12FN3O3S. The third-order valence-electron chi connectivity index (χ3n) is 2.35. The van der Waals surface area contributed by atoms with Crippen LogP contribution in [0.25, 0.3) is 11.3 Å². The largest absolute Gasteiger partial charge is 0.480 e. The van der Waals surface area contributed by atoms with E-state index in [0.717, 1.165) is 6.26 Å². The van der Waals surface area contributed by atoms with E-state index in [1.54, 1.807) is 6.07 Å². The first-order valence-corrected chi connectivity index (χ1v) is 7.43. The predicted octanol–water partition coefficient (Wildman–Crippen LogP) is 1.66. The number of hydrogen-bond donors (Lipinski definition) is 1. The van der Waals surface area contributed by atoms with Crippen LogP contribution in [0.15, 0.2) is 30.5 Å². The standard InChI is InChI=1S/C12H12FN3O3S/c1-19-12-10(16-20(2,17)18)6-8(7-14-12)9-4-3-5-11(13)15-9/h3-7,16H,1-2H3. The highest BCUT2D eigenvalue weighted by molar-refractivity contribution is 7.92. The average Bonchev–Trinajstić information content (AvgIpc) is 2.37. The topological polar surface area (TPSA) is 81.2 Å². The minimum Gasteiger partial charge on any atom is -0.480 e. The van der Waals surface area contributed by atoms with E-state index in [1.165, 1.54) is 31.5 Å². The number of sulfonamides is 1. The molecule has 0 spiro atoms. The second-order valence-electron chi connectivity index (χ2n) is 4.00. The van der Waals surface area contributed by atoms with E-state index in [9.17, 15) is 12.8 Å². The Hall–Kier alpha value is -2.22. The first kappa shape index (κ1) is 14.2. The van der Waals surface area contributed by atoms with Crippen LogP contribution in [-0.4, -0.2) is 31.8 Å². The summed E-state index contributed by atoms with van der Waals surface area (Å²) in [6, 6.07) is 5.80. The molecule has 1 N–H and O–H groups in total. The van der Waals surface area contributed by atoms with Gasteiger partial charge in [-0.2, -0.15) is 4.39 Å². The molecule has 0 saturated heterocycles. The first-order valence-electron chi connectivity index (χ1n) is 5.54. The summed E-state index contributed by atoms with van der Waals surface area (Å²) in [6.45, 7) is 0. The van der Waals surface area contributed by atoms with Gasteiger partial charge in [0.1, 0.15) is 5.69 Å². The van der Waals surface area contributed by atoms with Gasteiger partial charge in [-0.1, -0.05) is 6.07 Å². The summed E-state index contributed by atoms with van der Waals surface area (Å²) < 4.78 is 43.0. The fourth-order valence-corrected chi connectivity index (χ4v) is 2.14. The monoisotopic (exact) mass is 297 g/mol. The molecule has 20 heavy (non-hydrogen) atoms. The first-order chi connectivity index (χ1) is 9.39. The Labute approximate surface area is 115 Å². The molecule has 2 aromatic heterocycles. The van der Waals surface area contributed by atoms with Crippen molar-refractivity contribution >= 4 is 15.7 Å². The quantitative estimate of drug-likeness (QED) is 0.868. The molecule has 0 unspecified atom stereocenters. The van der Waals surface area contributed by atoms with E-state index >= 15 is 0 Å². The molecule has 2 rings (SSSR count). The number of ether oxygens (including phenoxy) is 1. The lowest BCUT2D eigenvalue weighted by atomic mass is 10.2. The van der Waals surface area contributed by atoms with Crippen LogP contribution in [0.4, 0.5) is 10.1 Å². The Bertz CT molecular complexity index is 734. The maximum atomic E-state index is 13.1. The van der Waals surface area contributed by atoms with E-state index < -0.39 is 16.0 Å². The summed E-state index contributed by atoms with van der Waals surface area (Å²) in [6.07, 6.45) is 2.44. The molecule has 0 aliphatic carbocycles. The van der Waals surface area contributed by atoms with Crippen LogP contribution in [0.5, 0.6) is 5.88 Å². The van der Waals surface area contributed by atoms with Gasteiger partial charge in [0.2, 0.25) is 21.9 Å². The van der Waals surface area contributed by atoms with Crippen LogP contribution in [0.1, 0.15) is 0 Å². The van der Waals surface area contributed by atoms with Crippen LogP contribution < -0.4 is 9.46 Å². The van der Waals surface area contributed by atoms with Gasteiger partial charge in [-0.05, 0) is 18.2 Å². The fraction of sp³-hybridized carbons (Fsp3) is 0.167. The molecule has 0 bridgehead atoms. The van der Waals surface area contributed by atoms with E-state index in [2.05, 4.69) is 14.7 Å². The number of rotatable bonds is 4. The summed E-state index contributed by atoms with van der Waals surface area (Å²) >= 11 is 0. The van der Waals surface area contributed by atoms with Crippen molar-refractivity contribution in [3.05, 3.63) is 36.4 Å². The third kappa shape index (κ3) is 3.41. The van der Waals surface area contributed by atoms with Crippen molar-refractivity contribution < 1.29 is 17.5 Å². The Morgan fingerprint density at radius 3 is 2.70 bits per heavy atom. The zero-order valence-electron chi connectivity index (χ0n) is 10.8. The van der Waals surface area contributed by atoms with E-state index in [0.29, 0.717) is 11.3 Å². The minimum absolute atomic E-state index is 0.121. The van der Waals surface area contributed by atoms with E-state index in [4.69, 9.17) is 4.74 Å². The summed E-state index contributed by atoms with van der Waals surface area (Å²) in [4.78, 5) is 7.69.